The molecule has 0 aliphatic heterocycles. The second-order valence-electron chi connectivity index (χ2n) is 5.40. The lowest BCUT2D eigenvalue weighted by molar-refractivity contribution is -0.167. The number of ether oxygens (including phenoxy) is 1. The number of pyridine rings is 1. The van der Waals surface area contributed by atoms with Gasteiger partial charge in [0.05, 0.1) is 13.5 Å². The van der Waals surface area contributed by atoms with Crippen LogP contribution in [0.2, 0.25) is 0 Å². The van der Waals surface area contributed by atoms with Crippen LogP contribution in [0.5, 0.6) is 0 Å². The van der Waals surface area contributed by atoms with E-state index in [1.165, 1.54) is 32.4 Å². The molecule has 0 saturated carbocycles. The maximum absolute atomic E-state index is 12.0. The Bertz CT molecular complexity index is 891. The number of hydrogen-bond donors (Lipinski definition) is 1. The Kier molecular flexibility index (Phi) is 6.84. The van der Waals surface area contributed by atoms with Gasteiger partial charge in [-0.25, -0.2) is 19.2 Å². The van der Waals surface area contributed by atoms with Crippen LogP contribution in [-0.4, -0.2) is 47.0 Å². The number of amides is 2. The Labute approximate surface area is 155 Å². The fraction of sp³-hybridized carbons (Fsp3) is 0.222. The smallest absolute Gasteiger partial charge is 0.435 e. The Morgan fingerprint density at radius 2 is 1.81 bits per heavy atom. The maximum atomic E-state index is 12.0. The van der Waals surface area contributed by atoms with Crippen molar-refractivity contribution in [2.24, 2.45) is 4.99 Å². The molecule has 9 nitrogen and oxygen atoms in total. The largest absolute Gasteiger partial charge is 0.464 e. The summed E-state index contributed by atoms with van der Waals surface area (Å²) < 4.78 is 5.79. The predicted octanol–water partition coefficient (Wildman–Crippen LogP) is 1.81. The summed E-state index contributed by atoms with van der Waals surface area (Å²) in [6.07, 6.45) is -2.57. The van der Waals surface area contributed by atoms with Crippen LogP contribution in [0.3, 0.4) is 0 Å². The number of carboxylic acid groups (broad SMARTS) is 1. The number of rotatable bonds is 5. The van der Waals surface area contributed by atoms with E-state index in [4.69, 9.17) is 9.57 Å². The van der Waals surface area contributed by atoms with Gasteiger partial charge in [0.15, 0.2) is 0 Å². The lowest BCUT2D eigenvalue weighted by Crippen LogP contribution is -2.34. The average molecular weight is 373 g/mol. The fourth-order valence-corrected chi connectivity index (χ4v) is 2.20. The lowest BCUT2D eigenvalue weighted by atomic mass is 10.2. The highest BCUT2D eigenvalue weighted by molar-refractivity contribution is 5.79. The van der Waals surface area contributed by atoms with Crippen LogP contribution in [0.1, 0.15) is 11.3 Å². The first-order valence-electron chi connectivity index (χ1n) is 7.92. The topological polar surface area (TPSA) is 110 Å². The van der Waals surface area contributed by atoms with Crippen molar-refractivity contribution < 1.29 is 29.1 Å². The Morgan fingerprint density at radius 3 is 2.44 bits per heavy atom. The molecule has 0 spiro atoms. The zero-order valence-corrected chi connectivity index (χ0v) is 14.9. The van der Waals surface area contributed by atoms with Crippen molar-refractivity contribution in [3.8, 4) is 0 Å². The molecule has 0 radical (unpaired) electrons. The summed E-state index contributed by atoms with van der Waals surface area (Å²) in [6.45, 7) is 0.00700. The normalized spacial score (nSPS) is 11.1. The number of aromatic nitrogens is 1. The highest BCUT2D eigenvalue weighted by Crippen LogP contribution is 2.03. The SMILES string of the molecule is CON(C)C(=O)Cc1ccc/c(=N\C(=O)OCc2ccccc2)n1C(=O)O. The number of likely N-dealkylation sites (N-methyl/N-ethyl adjacent to an activating group) is 1. The van der Waals surface area contributed by atoms with Gasteiger partial charge in [-0.2, -0.15) is 4.99 Å². The van der Waals surface area contributed by atoms with Crippen LogP contribution in [-0.2, 0) is 27.4 Å². The van der Waals surface area contributed by atoms with Crippen molar-refractivity contribution in [1.29, 1.82) is 0 Å². The van der Waals surface area contributed by atoms with Gasteiger partial charge in [0.1, 0.15) is 12.1 Å². The van der Waals surface area contributed by atoms with Crippen LogP contribution in [0.15, 0.2) is 53.5 Å². The average Bonchev–Trinajstić information content (AvgIpc) is 2.66. The molecule has 1 aromatic heterocycles. The van der Waals surface area contributed by atoms with Gasteiger partial charge < -0.3 is 9.84 Å². The molecule has 0 aliphatic rings. The molecule has 0 unspecified atom stereocenters. The van der Waals surface area contributed by atoms with E-state index in [9.17, 15) is 19.5 Å². The molecule has 0 saturated heterocycles. The quantitative estimate of drug-likeness (QED) is 0.801. The van der Waals surface area contributed by atoms with Gasteiger partial charge >= 0.3 is 12.2 Å². The van der Waals surface area contributed by atoms with Gasteiger partial charge in [-0.1, -0.05) is 36.4 Å². The molecule has 2 aromatic rings. The number of hydrogen-bond acceptors (Lipinski definition) is 5. The van der Waals surface area contributed by atoms with Crippen LogP contribution in [0.25, 0.3) is 0 Å². The zero-order chi connectivity index (χ0) is 19.8. The molecular formula is C18H19N3O6. The van der Waals surface area contributed by atoms with Crippen molar-refractivity contribution in [2.75, 3.05) is 14.2 Å². The number of carbonyl (C=O) groups excluding carboxylic acids is 2. The summed E-state index contributed by atoms with van der Waals surface area (Å²) >= 11 is 0. The van der Waals surface area contributed by atoms with Crippen LogP contribution in [0, 0.1) is 0 Å². The van der Waals surface area contributed by atoms with E-state index >= 15 is 0 Å². The summed E-state index contributed by atoms with van der Waals surface area (Å²) in [6, 6.07) is 13.3. The van der Waals surface area contributed by atoms with Gasteiger partial charge in [-0.05, 0) is 17.7 Å². The van der Waals surface area contributed by atoms with Crippen molar-refractivity contribution >= 4 is 18.1 Å². The van der Waals surface area contributed by atoms with Gasteiger partial charge in [-0.3, -0.25) is 9.63 Å². The summed E-state index contributed by atoms with van der Waals surface area (Å²) in [5.74, 6) is -0.462. The number of nitrogens with zero attached hydrogens (tertiary/aromatic N) is 3. The van der Waals surface area contributed by atoms with Crippen molar-refractivity contribution in [3.05, 3.63) is 65.3 Å². The predicted molar refractivity (Wildman–Crippen MR) is 93.5 cm³/mol. The van der Waals surface area contributed by atoms with E-state index in [1.54, 1.807) is 24.3 Å². The molecule has 2 amide bonds. The molecule has 0 bridgehead atoms. The summed E-state index contributed by atoms with van der Waals surface area (Å²) in [5.41, 5.74) is 0.744. The minimum atomic E-state index is -1.38. The second-order valence-corrected chi connectivity index (χ2v) is 5.40. The van der Waals surface area contributed by atoms with Gasteiger partial charge in [0, 0.05) is 12.7 Å². The molecule has 1 heterocycles. The first-order valence-corrected chi connectivity index (χ1v) is 7.92. The molecule has 9 heteroatoms. The van der Waals surface area contributed by atoms with Crippen LogP contribution >= 0.6 is 0 Å². The molecule has 0 aliphatic carbocycles. The molecule has 1 N–H and O–H groups in total. The highest BCUT2D eigenvalue weighted by atomic mass is 16.7. The molecule has 1 aromatic carbocycles. The molecule has 27 heavy (non-hydrogen) atoms. The van der Waals surface area contributed by atoms with E-state index in [-0.39, 0.29) is 24.2 Å². The number of carbonyl (C=O) groups is 3. The van der Waals surface area contributed by atoms with Crippen LogP contribution in [0.4, 0.5) is 9.59 Å². The molecular weight excluding hydrogens is 354 g/mol. The van der Waals surface area contributed by atoms with Crippen molar-refractivity contribution in [1.82, 2.24) is 9.63 Å². The van der Waals surface area contributed by atoms with Gasteiger partial charge in [0.25, 0.3) is 5.91 Å². The third-order valence-electron chi connectivity index (χ3n) is 3.61. The second kappa shape index (κ2) is 9.30. The lowest BCUT2D eigenvalue weighted by Gasteiger charge is -2.15. The van der Waals surface area contributed by atoms with E-state index in [1.807, 2.05) is 6.07 Å². The molecule has 0 fully saturated rings. The summed E-state index contributed by atoms with van der Waals surface area (Å²) in [4.78, 5) is 44.0. The monoisotopic (exact) mass is 373 g/mol. The Morgan fingerprint density at radius 1 is 1.11 bits per heavy atom. The molecule has 0 atom stereocenters. The first kappa shape index (κ1) is 19.9. The van der Waals surface area contributed by atoms with E-state index in [2.05, 4.69) is 4.99 Å². The van der Waals surface area contributed by atoms with Crippen molar-refractivity contribution in [2.45, 2.75) is 13.0 Å². The third-order valence-corrected chi connectivity index (χ3v) is 3.61. The standard InChI is InChI=1S/C18H19N3O6/c1-20(26-2)16(22)11-14-9-6-10-15(21(14)18(24)25)19-17(23)27-12-13-7-4-3-5-8-13/h3-10H,11-12H2,1-2H3,(H,24,25)/b19-15+. The summed E-state index contributed by atoms with van der Waals surface area (Å²) in [7, 11) is 2.72. The van der Waals surface area contributed by atoms with Gasteiger partial charge in [-0.15, -0.1) is 0 Å². The maximum Gasteiger partial charge on any atom is 0.435 e. The van der Waals surface area contributed by atoms with Crippen molar-refractivity contribution in [3.63, 3.8) is 0 Å². The van der Waals surface area contributed by atoms with E-state index in [0.717, 1.165) is 15.2 Å². The number of benzene rings is 1. The third kappa shape index (κ3) is 5.51. The number of hydroxylamine groups is 2. The zero-order valence-electron chi connectivity index (χ0n) is 14.9. The van der Waals surface area contributed by atoms with Crippen LogP contribution < -0.4 is 5.49 Å². The highest BCUT2D eigenvalue weighted by Gasteiger charge is 2.16. The minimum Gasteiger partial charge on any atom is -0.464 e. The van der Waals surface area contributed by atoms with E-state index in [0.29, 0.717) is 0 Å². The Balaban J connectivity index is 2.26. The minimum absolute atomic E-state index is 0.00700. The Hall–Kier alpha value is -3.46. The van der Waals surface area contributed by atoms with E-state index < -0.39 is 18.1 Å². The van der Waals surface area contributed by atoms with Gasteiger partial charge in [0.2, 0.25) is 0 Å². The fourth-order valence-electron chi connectivity index (χ4n) is 2.20. The molecule has 142 valence electrons. The summed E-state index contributed by atoms with van der Waals surface area (Å²) in [5, 5.41) is 10.4. The molecule has 2 rings (SSSR count). The first-order chi connectivity index (χ1) is 12.9.